The first-order valence-electron chi connectivity index (χ1n) is 5.95. The summed E-state index contributed by atoms with van der Waals surface area (Å²) in [6, 6.07) is 4.15. The summed E-state index contributed by atoms with van der Waals surface area (Å²) in [5, 5.41) is 10.9. The molecule has 0 saturated carbocycles. The van der Waals surface area contributed by atoms with Crippen LogP contribution in [-0.4, -0.2) is 40.1 Å². The van der Waals surface area contributed by atoms with Crippen LogP contribution in [0, 0.1) is 5.82 Å². The van der Waals surface area contributed by atoms with Crippen molar-refractivity contribution < 1.29 is 12.8 Å². The SMILES string of the molecule is CCS(=O)(=O)CCn1nnnc1-c1ccc(N)cc1F. The number of rotatable bonds is 5. The quantitative estimate of drug-likeness (QED) is 0.806. The van der Waals surface area contributed by atoms with Crippen LogP contribution in [0.25, 0.3) is 11.4 Å². The minimum atomic E-state index is -3.14. The van der Waals surface area contributed by atoms with Crippen molar-refractivity contribution >= 4 is 15.5 Å². The van der Waals surface area contributed by atoms with Gasteiger partial charge >= 0.3 is 0 Å². The van der Waals surface area contributed by atoms with Gasteiger partial charge < -0.3 is 5.73 Å². The third-order valence-corrected chi connectivity index (χ3v) is 4.50. The van der Waals surface area contributed by atoms with Crippen molar-refractivity contribution in [2.24, 2.45) is 0 Å². The van der Waals surface area contributed by atoms with E-state index in [0.717, 1.165) is 6.07 Å². The van der Waals surface area contributed by atoms with Gasteiger partial charge in [0.1, 0.15) is 5.82 Å². The Morgan fingerprint density at radius 2 is 2.15 bits per heavy atom. The number of halogens is 1. The summed E-state index contributed by atoms with van der Waals surface area (Å²) < 4.78 is 38.1. The second-order valence-electron chi connectivity index (χ2n) is 4.20. The molecule has 2 rings (SSSR count). The molecule has 0 aliphatic heterocycles. The normalized spacial score (nSPS) is 11.7. The first kappa shape index (κ1) is 14.4. The molecule has 2 aromatic rings. The Morgan fingerprint density at radius 3 is 2.80 bits per heavy atom. The number of aryl methyl sites for hydroxylation is 1. The van der Waals surface area contributed by atoms with Crippen LogP contribution in [0.15, 0.2) is 18.2 Å². The largest absolute Gasteiger partial charge is 0.399 e. The van der Waals surface area contributed by atoms with Gasteiger partial charge in [-0.1, -0.05) is 6.92 Å². The molecule has 7 nitrogen and oxygen atoms in total. The highest BCUT2D eigenvalue weighted by atomic mass is 32.2. The molecule has 1 aromatic carbocycles. The molecule has 20 heavy (non-hydrogen) atoms. The number of benzene rings is 1. The highest BCUT2D eigenvalue weighted by Crippen LogP contribution is 2.21. The van der Waals surface area contributed by atoms with E-state index < -0.39 is 15.7 Å². The van der Waals surface area contributed by atoms with Crippen LogP contribution in [0.2, 0.25) is 0 Å². The van der Waals surface area contributed by atoms with Crippen LogP contribution in [0.5, 0.6) is 0 Å². The third kappa shape index (κ3) is 3.10. The Balaban J connectivity index is 2.29. The first-order chi connectivity index (χ1) is 9.43. The average molecular weight is 299 g/mol. The van der Waals surface area contributed by atoms with Crippen LogP contribution in [0.4, 0.5) is 10.1 Å². The van der Waals surface area contributed by atoms with E-state index >= 15 is 0 Å². The minimum Gasteiger partial charge on any atom is -0.399 e. The van der Waals surface area contributed by atoms with E-state index in [1.165, 1.54) is 16.8 Å². The number of sulfone groups is 1. The lowest BCUT2D eigenvalue weighted by molar-refractivity contribution is 0.576. The van der Waals surface area contributed by atoms with Crippen molar-refractivity contribution in [1.82, 2.24) is 20.2 Å². The van der Waals surface area contributed by atoms with Crippen molar-refractivity contribution in [3.8, 4) is 11.4 Å². The van der Waals surface area contributed by atoms with Crippen molar-refractivity contribution in [2.45, 2.75) is 13.5 Å². The van der Waals surface area contributed by atoms with Crippen LogP contribution in [0.3, 0.4) is 0 Å². The second-order valence-corrected chi connectivity index (χ2v) is 6.67. The molecule has 0 unspecified atom stereocenters. The zero-order valence-electron chi connectivity index (χ0n) is 10.8. The third-order valence-electron chi connectivity index (χ3n) is 2.82. The lowest BCUT2D eigenvalue weighted by atomic mass is 10.2. The predicted molar refractivity (Wildman–Crippen MR) is 72.0 cm³/mol. The minimum absolute atomic E-state index is 0.0424. The van der Waals surface area contributed by atoms with Crippen molar-refractivity contribution in [3.63, 3.8) is 0 Å². The number of anilines is 1. The van der Waals surface area contributed by atoms with E-state index in [9.17, 15) is 12.8 Å². The van der Waals surface area contributed by atoms with Crippen molar-refractivity contribution in [3.05, 3.63) is 24.0 Å². The summed E-state index contributed by atoms with van der Waals surface area (Å²) in [6.07, 6.45) is 0. The molecule has 0 atom stereocenters. The number of nitrogens with zero attached hydrogens (tertiary/aromatic N) is 4. The molecule has 1 aromatic heterocycles. The van der Waals surface area contributed by atoms with Crippen LogP contribution < -0.4 is 5.73 Å². The van der Waals surface area contributed by atoms with E-state index in [1.807, 2.05) is 0 Å². The van der Waals surface area contributed by atoms with Gasteiger partial charge in [-0.15, -0.1) is 5.10 Å². The highest BCUT2D eigenvalue weighted by molar-refractivity contribution is 7.91. The maximum atomic E-state index is 13.8. The molecular formula is C11H14FN5O2S. The van der Waals surface area contributed by atoms with Gasteiger partial charge in [-0.05, 0) is 28.6 Å². The summed E-state index contributed by atoms with van der Waals surface area (Å²) >= 11 is 0. The Labute approximate surface area is 115 Å². The molecular weight excluding hydrogens is 285 g/mol. The number of tetrazole rings is 1. The molecule has 0 saturated heterocycles. The van der Waals surface area contributed by atoms with Gasteiger partial charge in [0.25, 0.3) is 0 Å². The molecule has 0 aliphatic rings. The van der Waals surface area contributed by atoms with Gasteiger partial charge in [-0.2, -0.15) is 0 Å². The molecule has 0 aliphatic carbocycles. The number of nitrogens with two attached hydrogens (primary N) is 1. The van der Waals surface area contributed by atoms with E-state index in [-0.39, 0.29) is 29.4 Å². The zero-order chi connectivity index (χ0) is 14.8. The lowest BCUT2D eigenvalue weighted by Crippen LogP contribution is -2.16. The molecule has 0 bridgehead atoms. The fraction of sp³-hybridized carbons (Fsp3) is 0.364. The fourth-order valence-corrected chi connectivity index (χ4v) is 2.37. The summed E-state index contributed by atoms with van der Waals surface area (Å²) in [5.74, 6) is -0.438. The number of aromatic nitrogens is 4. The molecule has 0 amide bonds. The molecule has 9 heteroatoms. The van der Waals surface area contributed by atoms with E-state index in [0.29, 0.717) is 5.69 Å². The topological polar surface area (TPSA) is 104 Å². The number of hydrogen-bond donors (Lipinski definition) is 1. The fourth-order valence-electron chi connectivity index (χ4n) is 1.63. The summed E-state index contributed by atoms with van der Waals surface area (Å²) in [6.45, 7) is 1.64. The van der Waals surface area contributed by atoms with Crippen LogP contribution in [0.1, 0.15) is 6.92 Å². The zero-order valence-corrected chi connectivity index (χ0v) is 11.6. The molecule has 0 fully saturated rings. The Morgan fingerprint density at radius 1 is 1.40 bits per heavy atom. The second kappa shape index (κ2) is 5.53. The Bertz CT molecular complexity index is 713. The molecule has 2 N–H and O–H groups in total. The maximum Gasteiger partial charge on any atom is 0.185 e. The Hall–Kier alpha value is -2.03. The summed E-state index contributed by atoms with van der Waals surface area (Å²) in [4.78, 5) is 0. The lowest BCUT2D eigenvalue weighted by Gasteiger charge is -2.06. The van der Waals surface area contributed by atoms with Crippen molar-refractivity contribution in [1.29, 1.82) is 0 Å². The Kier molecular flexibility index (Phi) is 3.98. The molecule has 0 spiro atoms. The van der Waals surface area contributed by atoms with Gasteiger partial charge in [-0.25, -0.2) is 17.5 Å². The van der Waals surface area contributed by atoms with Gasteiger partial charge in [0, 0.05) is 11.4 Å². The van der Waals surface area contributed by atoms with Gasteiger partial charge in [0.15, 0.2) is 15.7 Å². The van der Waals surface area contributed by atoms with E-state index in [4.69, 9.17) is 5.73 Å². The number of nitrogen functional groups attached to an aromatic ring is 1. The van der Waals surface area contributed by atoms with E-state index in [1.54, 1.807) is 6.92 Å². The smallest absolute Gasteiger partial charge is 0.185 e. The van der Waals surface area contributed by atoms with E-state index in [2.05, 4.69) is 15.5 Å². The van der Waals surface area contributed by atoms with Gasteiger partial charge in [-0.3, -0.25) is 0 Å². The predicted octanol–water partition coefficient (Wildman–Crippen LogP) is 0.496. The average Bonchev–Trinajstić information content (AvgIpc) is 2.85. The van der Waals surface area contributed by atoms with Gasteiger partial charge in [0.05, 0.1) is 17.9 Å². The van der Waals surface area contributed by atoms with Crippen molar-refractivity contribution in [2.75, 3.05) is 17.2 Å². The monoisotopic (exact) mass is 299 g/mol. The molecule has 108 valence electrons. The van der Waals surface area contributed by atoms with Gasteiger partial charge in [0.2, 0.25) is 0 Å². The first-order valence-corrected chi connectivity index (χ1v) is 7.77. The molecule has 0 radical (unpaired) electrons. The standard InChI is InChI=1S/C11H14FN5O2S/c1-2-20(18,19)6-5-17-11(14-15-16-17)9-4-3-8(13)7-10(9)12/h3-4,7H,2,5-6,13H2,1H3. The maximum absolute atomic E-state index is 13.8. The highest BCUT2D eigenvalue weighted by Gasteiger charge is 2.16. The molecule has 1 heterocycles. The summed E-state index contributed by atoms with van der Waals surface area (Å²) in [5.41, 5.74) is 5.94. The van der Waals surface area contributed by atoms with Crippen LogP contribution >= 0.6 is 0 Å². The number of hydrogen-bond acceptors (Lipinski definition) is 6. The summed E-state index contributed by atoms with van der Waals surface area (Å²) in [7, 11) is -3.14. The van der Waals surface area contributed by atoms with Crippen LogP contribution in [-0.2, 0) is 16.4 Å².